The van der Waals surface area contributed by atoms with Crippen LogP contribution in [0, 0.1) is 0 Å². The predicted octanol–water partition coefficient (Wildman–Crippen LogP) is 3.62. The molecule has 10 heteroatoms. The number of nitrogens with one attached hydrogen (secondary N) is 1. The standard InChI is InChI=1S/C21H16F3N5O2/c22-21(23,24)16-8-6-15(7-9-16)20(30)25-12-13-31-18-11-10-17-26-27-19(29(17)28-18)14-4-2-1-3-5-14/h1-11H,12-13H2,(H,25,30). The molecule has 2 aromatic carbocycles. The lowest BCUT2D eigenvalue weighted by Gasteiger charge is -2.09. The number of aromatic nitrogens is 4. The third kappa shape index (κ3) is 4.63. The highest BCUT2D eigenvalue weighted by atomic mass is 19.4. The van der Waals surface area contributed by atoms with Crippen LogP contribution < -0.4 is 10.1 Å². The number of amides is 1. The molecule has 4 aromatic rings. The van der Waals surface area contributed by atoms with Crippen molar-refractivity contribution in [3.8, 4) is 17.3 Å². The maximum Gasteiger partial charge on any atom is 0.416 e. The van der Waals surface area contributed by atoms with E-state index in [1.54, 1.807) is 16.6 Å². The van der Waals surface area contributed by atoms with Gasteiger partial charge in [0.05, 0.1) is 12.1 Å². The van der Waals surface area contributed by atoms with Gasteiger partial charge in [0.25, 0.3) is 5.91 Å². The molecule has 1 N–H and O–H groups in total. The van der Waals surface area contributed by atoms with Crippen LogP contribution in [0.3, 0.4) is 0 Å². The van der Waals surface area contributed by atoms with Crippen molar-refractivity contribution in [1.82, 2.24) is 25.1 Å². The SMILES string of the molecule is O=C(NCCOc1ccc2nnc(-c3ccccc3)n2n1)c1ccc(C(F)(F)F)cc1. The molecule has 0 bridgehead atoms. The summed E-state index contributed by atoms with van der Waals surface area (Å²) in [5, 5.41) is 15.2. The van der Waals surface area contributed by atoms with E-state index in [0.717, 1.165) is 29.8 Å². The Bertz CT molecular complexity index is 1190. The quantitative estimate of drug-likeness (QED) is 0.476. The molecule has 0 fully saturated rings. The van der Waals surface area contributed by atoms with Gasteiger partial charge in [-0.1, -0.05) is 30.3 Å². The summed E-state index contributed by atoms with van der Waals surface area (Å²) in [6.07, 6.45) is -4.44. The Labute approximate surface area is 174 Å². The van der Waals surface area contributed by atoms with Crippen molar-refractivity contribution < 1.29 is 22.7 Å². The fourth-order valence-corrected chi connectivity index (χ4v) is 2.85. The number of halogens is 3. The van der Waals surface area contributed by atoms with E-state index in [2.05, 4.69) is 20.6 Å². The van der Waals surface area contributed by atoms with Crippen molar-refractivity contribution in [2.75, 3.05) is 13.2 Å². The molecule has 0 radical (unpaired) electrons. The molecule has 4 rings (SSSR count). The number of rotatable bonds is 6. The molecule has 0 atom stereocenters. The molecule has 0 aliphatic rings. The fraction of sp³-hybridized carbons (Fsp3) is 0.143. The van der Waals surface area contributed by atoms with Crippen LogP contribution in [0.25, 0.3) is 17.0 Å². The van der Waals surface area contributed by atoms with Crippen LogP contribution in [0.15, 0.2) is 66.7 Å². The molecular formula is C21H16F3N5O2. The zero-order valence-electron chi connectivity index (χ0n) is 16.0. The normalized spacial score (nSPS) is 11.5. The van der Waals surface area contributed by atoms with Gasteiger partial charge in [-0.05, 0) is 30.3 Å². The lowest BCUT2D eigenvalue weighted by atomic mass is 10.1. The summed E-state index contributed by atoms with van der Waals surface area (Å²) in [6, 6.07) is 16.8. The van der Waals surface area contributed by atoms with Crippen LogP contribution >= 0.6 is 0 Å². The molecular weight excluding hydrogens is 411 g/mol. The lowest BCUT2D eigenvalue weighted by molar-refractivity contribution is -0.137. The second kappa shape index (κ2) is 8.42. The molecule has 31 heavy (non-hydrogen) atoms. The average molecular weight is 427 g/mol. The molecule has 7 nitrogen and oxygen atoms in total. The number of benzene rings is 2. The third-order valence-electron chi connectivity index (χ3n) is 4.38. The fourth-order valence-electron chi connectivity index (χ4n) is 2.85. The van der Waals surface area contributed by atoms with Gasteiger partial charge >= 0.3 is 6.18 Å². The van der Waals surface area contributed by atoms with E-state index in [0.29, 0.717) is 17.4 Å². The number of carbonyl (C=O) groups excluding carboxylic acids is 1. The highest BCUT2D eigenvalue weighted by Gasteiger charge is 2.30. The van der Waals surface area contributed by atoms with E-state index in [1.807, 2.05) is 30.3 Å². The number of hydrogen-bond acceptors (Lipinski definition) is 5. The molecule has 1 amide bonds. The Balaban J connectivity index is 1.35. The Morgan fingerprint density at radius 1 is 0.968 bits per heavy atom. The Morgan fingerprint density at radius 3 is 2.42 bits per heavy atom. The summed E-state index contributed by atoms with van der Waals surface area (Å²) in [7, 11) is 0. The van der Waals surface area contributed by atoms with E-state index in [4.69, 9.17) is 4.74 Å². The monoisotopic (exact) mass is 427 g/mol. The summed E-state index contributed by atoms with van der Waals surface area (Å²) in [6.45, 7) is 0.265. The maximum atomic E-state index is 12.6. The second-order valence-corrected chi connectivity index (χ2v) is 6.51. The predicted molar refractivity (Wildman–Crippen MR) is 105 cm³/mol. The van der Waals surface area contributed by atoms with Gasteiger partial charge in [0.15, 0.2) is 11.5 Å². The highest BCUT2D eigenvalue weighted by Crippen LogP contribution is 2.29. The summed E-state index contributed by atoms with van der Waals surface area (Å²) in [5.74, 6) is 0.385. The van der Waals surface area contributed by atoms with Crippen LogP contribution in [0.5, 0.6) is 5.88 Å². The first-order valence-electron chi connectivity index (χ1n) is 9.28. The van der Waals surface area contributed by atoms with E-state index in [9.17, 15) is 18.0 Å². The zero-order chi connectivity index (χ0) is 21.8. The molecule has 158 valence electrons. The molecule has 0 aliphatic carbocycles. The van der Waals surface area contributed by atoms with E-state index >= 15 is 0 Å². The van der Waals surface area contributed by atoms with Crippen molar-refractivity contribution in [3.63, 3.8) is 0 Å². The van der Waals surface area contributed by atoms with E-state index < -0.39 is 17.6 Å². The van der Waals surface area contributed by atoms with Crippen LogP contribution in [-0.4, -0.2) is 38.9 Å². The van der Waals surface area contributed by atoms with Gasteiger partial charge in [0, 0.05) is 17.2 Å². The number of hydrogen-bond donors (Lipinski definition) is 1. The summed E-state index contributed by atoms with van der Waals surface area (Å²) in [4.78, 5) is 12.1. The minimum atomic E-state index is -4.44. The third-order valence-corrected chi connectivity index (χ3v) is 4.38. The number of alkyl halides is 3. The van der Waals surface area contributed by atoms with Gasteiger partial charge < -0.3 is 10.1 Å². The van der Waals surface area contributed by atoms with Crippen LogP contribution in [0.2, 0.25) is 0 Å². The molecule has 0 unspecified atom stereocenters. The summed E-state index contributed by atoms with van der Waals surface area (Å²) >= 11 is 0. The van der Waals surface area contributed by atoms with Gasteiger partial charge in [-0.3, -0.25) is 4.79 Å². The molecule has 2 heterocycles. The number of ether oxygens (including phenoxy) is 1. The van der Waals surface area contributed by atoms with Crippen molar-refractivity contribution in [2.24, 2.45) is 0 Å². The van der Waals surface area contributed by atoms with Crippen LogP contribution in [-0.2, 0) is 6.18 Å². The first-order chi connectivity index (χ1) is 14.9. The smallest absolute Gasteiger partial charge is 0.416 e. The van der Waals surface area contributed by atoms with Gasteiger partial charge in [-0.15, -0.1) is 15.3 Å². The Kier molecular flexibility index (Phi) is 5.52. The maximum absolute atomic E-state index is 12.6. The van der Waals surface area contributed by atoms with E-state index in [-0.39, 0.29) is 18.7 Å². The topological polar surface area (TPSA) is 81.4 Å². The van der Waals surface area contributed by atoms with Crippen LogP contribution in [0.4, 0.5) is 13.2 Å². The zero-order valence-corrected chi connectivity index (χ0v) is 16.0. The first kappa shape index (κ1) is 20.3. The van der Waals surface area contributed by atoms with Crippen molar-refractivity contribution in [3.05, 3.63) is 77.9 Å². The molecule has 0 saturated heterocycles. The van der Waals surface area contributed by atoms with Crippen molar-refractivity contribution in [1.29, 1.82) is 0 Å². The first-order valence-corrected chi connectivity index (χ1v) is 9.28. The Hall–Kier alpha value is -3.95. The minimum Gasteiger partial charge on any atom is -0.475 e. The number of nitrogens with zero attached hydrogens (tertiary/aromatic N) is 4. The molecule has 0 aliphatic heterocycles. The molecule has 2 aromatic heterocycles. The van der Waals surface area contributed by atoms with Crippen LogP contribution in [0.1, 0.15) is 15.9 Å². The van der Waals surface area contributed by atoms with E-state index in [1.165, 1.54) is 0 Å². The second-order valence-electron chi connectivity index (χ2n) is 6.51. The van der Waals surface area contributed by atoms with Crippen molar-refractivity contribution >= 4 is 11.6 Å². The summed E-state index contributed by atoms with van der Waals surface area (Å²) in [5.41, 5.74) is 0.729. The molecule has 0 spiro atoms. The molecule has 0 saturated carbocycles. The largest absolute Gasteiger partial charge is 0.475 e. The lowest BCUT2D eigenvalue weighted by Crippen LogP contribution is -2.28. The average Bonchev–Trinajstić information content (AvgIpc) is 3.20. The van der Waals surface area contributed by atoms with Crippen molar-refractivity contribution in [2.45, 2.75) is 6.18 Å². The van der Waals surface area contributed by atoms with Gasteiger partial charge in [-0.25, -0.2) is 0 Å². The highest BCUT2D eigenvalue weighted by molar-refractivity contribution is 5.94. The van der Waals surface area contributed by atoms with Gasteiger partial charge in [0.2, 0.25) is 5.88 Å². The summed E-state index contributed by atoms with van der Waals surface area (Å²) < 4.78 is 44.9. The van der Waals surface area contributed by atoms with Gasteiger partial charge in [0.1, 0.15) is 6.61 Å². The number of carbonyl (C=O) groups is 1. The number of fused-ring (bicyclic) bond motifs is 1. The van der Waals surface area contributed by atoms with Gasteiger partial charge in [-0.2, -0.15) is 17.7 Å². The Morgan fingerprint density at radius 2 is 1.71 bits per heavy atom. The minimum absolute atomic E-state index is 0.119.